The molecule has 1 heterocycles. The summed E-state index contributed by atoms with van der Waals surface area (Å²) < 4.78 is 5.56. The Morgan fingerprint density at radius 2 is 2.15 bits per heavy atom. The number of carbonyl (C=O) groups excluding carboxylic acids is 1. The van der Waals surface area contributed by atoms with Crippen molar-refractivity contribution in [3.8, 4) is 0 Å². The minimum absolute atomic E-state index is 0.0301. The SMILES string of the molecule is CC[C@H](C)[C@@H](O)[C@](C)(O)/C=C/C1=CC2=C(Cl)C(=O)[C@@](C)(O)[C@H](O)[C@@H]2CO1. The van der Waals surface area contributed by atoms with Crippen LogP contribution in [0.25, 0.3) is 0 Å². The third-order valence-electron chi connectivity index (χ3n) is 5.36. The highest BCUT2D eigenvalue weighted by molar-refractivity contribution is 6.44. The number of aliphatic hydroxyl groups is 4. The van der Waals surface area contributed by atoms with Crippen LogP contribution in [0.5, 0.6) is 0 Å². The first-order valence-electron chi connectivity index (χ1n) is 8.72. The largest absolute Gasteiger partial charge is 0.493 e. The minimum Gasteiger partial charge on any atom is -0.493 e. The van der Waals surface area contributed by atoms with Crippen LogP contribution in [0.1, 0.15) is 34.1 Å². The van der Waals surface area contributed by atoms with Crippen molar-refractivity contribution in [2.24, 2.45) is 11.8 Å². The van der Waals surface area contributed by atoms with Crippen molar-refractivity contribution in [1.29, 1.82) is 0 Å². The Kier molecular flexibility index (Phi) is 6.05. The van der Waals surface area contributed by atoms with Crippen LogP contribution in [0.2, 0.25) is 0 Å². The number of hydrogen-bond donors (Lipinski definition) is 4. The van der Waals surface area contributed by atoms with Gasteiger partial charge in [0.05, 0.1) is 17.7 Å². The summed E-state index contributed by atoms with van der Waals surface area (Å²) >= 11 is 6.10. The van der Waals surface area contributed by atoms with Crippen LogP contribution in [-0.4, -0.2) is 56.2 Å². The van der Waals surface area contributed by atoms with Gasteiger partial charge in [0.2, 0.25) is 5.78 Å². The lowest BCUT2D eigenvalue weighted by Crippen LogP contribution is -2.55. The molecule has 26 heavy (non-hydrogen) atoms. The maximum Gasteiger partial charge on any atom is 0.208 e. The van der Waals surface area contributed by atoms with Gasteiger partial charge in [0.15, 0.2) is 5.60 Å². The number of hydrogen-bond acceptors (Lipinski definition) is 6. The van der Waals surface area contributed by atoms with E-state index in [4.69, 9.17) is 16.3 Å². The molecule has 1 aliphatic heterocycles. The summed E-state index contributed by atoms with van der Waals surface area (Å²) in [5.41, 5.74) is -3.02. The van der Waals surface area contributed by atoms with Gasteiger partial charge in [-0.3, -0.25) is 4.79 Å². The molecule has 0 spiro atoms. The summed E-state index contributed by atoms with van der Waals surface area (Å²) in [4.78, 5) is 12.2. The summed E-state index contributed by atoms with van der Waals surface area (Å²) in [7, 11) is 0. The van der Waals surface area contributed by atoms with Crippen LogP contribution in [0.4, 0.5) is 0 Å². The number of fused-ring (bicyclic) bond motifs is 1. The van der Waals surface area contributed by atoms with Gasteiger partial charge < -0.3 is 25.2 Å². The van der Waals surface area contributed by atoms with Crippen molar-refractivity contribution in [3.05, 3.63) is 34.6 Å². The molecule has 0 saturated heterocycles. The Morgan fingerprint density at radius 3 is 2.73 bits per heavy atom. The smallest absolute Gasteiger partial charge is 0.208 e. The van der Waals surface area contributed by atoms with Crippen molar-refractivity contribution in [2.75, 3.05) is 6.61 Å². The Labute approximate surface area is 158 Å². The van der Waals surface area contributed by atoms with Gasteiger partial charge in [0.1, 0.15) is 17.5 Å². The molecule has 2 rings (SSSR count). The maximum atomic E-state index is 12.2. The lowest BCUT2D eigenvalue weighted by Gasteiger charge is -2.40. The van der Waals surface area contributed by atoms with Gasteiger partial charge in [0.25, 0.3) is 0 Å². The minimum atomic E-state index is -1.96. The second-order valence-corrected chi connectivity index (χ2v) is 7.92. The van der Waals surface area contributed by atoms with Crippen LogP contribution in [0.15, 0.2) is 34.6 Å². The molecule has 0 fully saturated rings. The molecule has 2 aliphatic rings. The monoisotopic (exact) mass is 386 g/mol. The van der Waals surface area contributed by atoms with E-state index in [2.05, 4.69) is 0 Å². The van der Waals surface area contributed by atoms with E-state index < -0.39 is 35.1 Å². The van der Waals surface area contributed by atoms with Crippen LogP contribution in [0.3, 0.4) is 0 Å². The zero-order valence-corrected chi connectivity index (χ0v) is 16.2. The van der Waals surface area contributed by atoms with Gasteiger partial charge in [-0.25, -0.2) is 0 Å². The zero-order valence-electron chi connectivity index (χ0n) is 15.4. The average Bonchev–Trinajstić information content (AvgIpc) is 2.61. The predicted molar refractivity (Wildman–Crippen MR) is 97.3 cm³/mol. The topological polar surface area (TPSA) is 107 Å². The van der Waals surface area contributed by atoms with E-state index in [1.54, 1.807) is 0 Å². The fourth-order valence-electron chi connectivity index (χ4n) is 3.19. The van der Waals surface area contributed by atoms with Crippen molar-refractivity contribution >= 4 is 17.4 Å². The molecule has 0 amide bonds. The third kappa shape index (κ3) is 3.75. The van der Waals surface area contributed by atoms with Gasteiger partial charge in [0, 0.05) is 5.92 Å². The molecular formula is C19H27ClO6. The Morgan fingerprint density at radius 1 is 1.54 bits per heavy atom. The van der Waals surface area contributed by atoms with Crippen molar-refractivity contribution in [3.63, 3.8) is 0 Å². The van der Waals surface area contributed by atoms with E-state index in [1.165, 1.54) is 32.1 Å². The van der Waals surface area contributed by atoms with E-state index in [0.717, 1.165) is 0 Å². The molecule has 0 aromatic rings. The van der Waals surface area contributed by atoms with Crippen molar-refractivity contribution in [1.82, 2.24) is 0 Å². The number of halogens is 1. The molecule has 6 atom stereocenters. The molecule has 0 saturated carbocycles. The van der Waals surface area contributed by atoms with Gasteiger partial charge in [-0.05, 0) is 43.6 Å². The lowest BCUT2D eigenvalue weighted by atomic mass is 9.75. The van der Waals surface area contributed by atoms with E-state index in [0.29, 0.717) is 17.8 Å². The average molecular weight is 387 g/mol. The fourth-order valence-corrected chi connectivity index (χ4v) is 3.58. The van der Waals surface area contributed by atoms with E-state index in [1.807, 2.05) is 13.8 Å². The van der Waals surface area contributed by atoms with Crippen LogP contribution < -0.4 is 0 Å². The Balaban J connectivity index is 2.29. The predicted octanol–water partition coefficient (Wildman–Crippen LogP) is 1.42. The normalized spacial score (nSPS) is 34.0. The molecular weight excluding hydrogens is 360 g/mol. The molecule has 6 nitrogen and oxygen atoms in total. The van der Waals surface area contributed by atoms with E-state index in [-0.39, 0.29) is 17.6 Å². The molecule has 0 unspecified atom stereocenters. The first kappa shape index (κ1) is 21.1. The second-order valence-electron chi connectivity index (χ2n) is 7.54. The zero-order chi connectivity index (χ0) is 19.9. The van der Waals surface area contributed by atoms with Gasteiger partial charge in [-0.1, -0.05) is 31.9 Å². The molecule has 0 radical (unpaired) electrons. The van der Waals surface area contributed by atoms with Crippen LogP contribution >= 0.6 is 11.6 Å². The lowest BCUT2D eigenvalue weighted by molar-refractivity contribution is -0.150. The molecule has 7 heteroatoms. The van der Waals surface area contributed by atoms with Crippen molar-refractivity contribution in [2.45, 2.75) is 57.5 Å². The van der Waals surface area contributed by atoms with Crippen LogP contribution in [-0.2, 0) is 9.53 Å². The van der Waals surface area contributed by atoms with E-state index in [9.17, 15) is 25.2 Å². The first-order valence-corrected chi connectivity index (χ1v) is 9.10. The highest BCUT2D eigenvalue weighted by Crippen LogP contribution is 2.40. The quantitative estimate of drug-likeness (QED) is 0.569. The molecule has 0 aromatic heterocycles. The summed E-state index contributed by atoms with van der Waals surface area (Å²) in [6, 6.07) is 0. The van der Waals surface area contributed by atoms with E-state index >= 15 is 0 Å². The number of allylic oxidation sites excluding steroid dienone is 2. The molecule has 0 bridgehead atoms. The number of rotatable bonds is 5. The highest BCUT2D eigenvalue weighted by atomic mass is 35.5. The highest BCUT2D eigenvalue weighted by Gasteiger charge is 2.50. The summed E-state index contributed by atoms with van der Waals surface area (Å²) in [6.07, 6.45) is 2.88. The standard InChI is InChI=1S/C19H27ClO6/c1-5-10(2)15(21)18(3,24)7-6-11-8-12-13(9-26-11)16(22)19(4,25)17(23)14(12)20/h6-8,10,13,15-16,21-22,24-25H,5,9H2,1-4H3/b7-6+/t10-,13+,15+,16+,18+,19-/m0/s1. The molecule has 4 N–H and O–H groups in total. The molecule has 146 valence electrons. The summed E-state index contributed by atoms with van der Waals surface area (Å²) in [5, 5.41) is 41.0. The fraction of sp³-hybridized carbons (Fsp3) is 0.632. The second kappa shape index (κ2) is 7.44. The number of Topliss-reactive ketones (excluding diaryl/α,β-unsaturated/α-hetero) is 1. The Bertz CT molecular complexity index is 661. The molecule has 1 aliphatic carbocycles. The van der Waals surface area contributed by atoms with Gasteiger partial charge >= 0.3 is 0 Å². The van der Waals surface area contributed by atoms with Crippen molar-refractivity contribution < 1.29 is 30.0 Å². The molecule has 0 aromatic carbocycles. The third-order valence-corrected chi connectivity index (χ3v) is 5.75. The van der Waals surface area contributed by atoms with Crippen LogP contribution in [0, 0.1) is 11.8 Å². The van der Waals surface area contributed by atoms with Gasteiger partial charge in [-0.2, -0.15) is 0 Å². The number of aliphatic hydroxyl groups excluding tert-OH is 2. The summed E-state index contributed by atoms with van der Waals surface area (Å²) in [6.45, 7) is 6.53. The Hall–Kier alpha value is -1.18. The number of ketones is 1. The maximum absolute atomic E-state index is 12.2. The summed E-state index contributed by atoms with van der Waals surface area (Å²) in [5.74, 6) is -1.12. The van der Waals surface area contributed by atoms with Gasteiger partial charge in [-0.15, -0.1) is 0 Å². The first-order chi connectivity index (χ1) is 11.9. The number of carbonyl (C=O) groups is 1. The number of ether oxygens (including phenoxy) is 1.